The van der Waals surface area contributed by atoms with Crippen molar-refractivity contribution >= 4 is 23.0 Å². The van der Waals surface area contributed by atoms with Crippen molar-refractivity contribution in [2.75, 3.05) is 11.9 Å². The normalized spacial score (nSPS) is 12.2. The molecule has 0 aliphatic rings. The first-order valence-electron chi connectivity index (χ1n) is 5.02. The molecule has 5 nitrogen and oxygen atoms in total. The first-order valence-corrected chi connectivity index (χ1v) is 6.05. The van der Waals surface area contributed by atoms with E-state index in [4.69, 9.17) is 4.55 Å². The van der Waals surface area contributed by atoms with Crippen LogP contribution in [0.3, 0.4) is 0 Å². The molecule has 0 heterocycles. The van der Waals surface area contributed by atoms with Gasteiger partial charge in [0.1, 0.15) is 6.61 Å². The van der Waals surface area contributed by atoms with Crippen LogP contribution in [0.25, 0.3) is 0 Å². The molecule has 94 valence electrons. The third-order valence-electron chi connectivity index (χ3n) is 2.23. The average molecular weight is 257 g/mol. The number of aryl methyl sites for hydroxylation is 3. The average Bonchev–Trinajstić information content (AvgIpc) is 2.20. The van der Waals surface area contributed by atoms with Crippen LogP contribution in [0.5, 0.6) is 0 Å². The molecule has 0 aliphatic carbocycles. The monoisotopic (exact) mass is 257 g/mol. The lowest BCUT2D eigenvalue weighted by Crippen LogP contribution is -2.20. The Bertz CT molecular complexity index is 436. The molecule has 1 rings (SSSR count). The van der Waals surface area contributed by atoms with Gasteiger partial charge in [-0.2, -0.15) is 4.21 Å². The van der Waals surface area contributed by atoms with E-state index < -0.39 is 23.9 Å². The van der Waals surface area contributed by atoms with Gasteiger partial charge in [-0.05, 0) is 31.9 Å². The van der Waals surface area contributed by atoms with Crippen LogP contribution < -0.4 is 5.32 Å². The van der Waals surface area contributed by atoms with E-state index in [0.29, 0.717) is 5.69 Å². The van der Waals surface area contributed by atoms with Crippen LogP contribution in [-0.4, -0.2) is 21.3 Å². The second-order valence-corrected chi connectivity index (χ2v) is 4.47. The number of hydrogen-bond acceptors (Lipinski definition) is 3. The van der Waals surface area contributed by atoms with E-state index in [1.54, 1.807) is 0 Å². The highest BCUT2D eigenvalue weighted by molar-refractivity contribution is 7.74. The number of anilines is 1. The van der Waals surface area contributed by atoms with Gasteiger partial charge < -0.3 is 5.32 Å². The molecule has 1 unspecified atom stereocenters. The Hall–Kier alpha value is -1.24. The molecule has 0 radical (unpaired) electrons. The van der Waals surface area contributed by atoms with Gasteiger partial charge in [0.25, 0.3) is 5.91 Å². The molecule has 2 N–H and O–H groups in total. The Morgan fingerprint density at radius 2 is 1.88 bits per heavy atom. The van der Waals surface area contributed by atoms with Crippen molar-refractivity contribution in [3.8, 4) is 0 Å². The van der Waals surface area contributed by atoms with Crippen LogP contribution in [-0.2, 0) is 20.3 Å². The molecule has 0 saturated heterocycles. The van der Waals surface area contributed by atoms with E-state index >= 15 is 0 Å². The highest BCUT2D eigenvalue weighted by Gasteiger charge is 2.09. The Morgan fingerprint density at radius 3 is 2.35 bits per heavy atom. The number of nitrogens with one attached hydrogen (secondary N) is 1. The quantitative estimate of drug-likeness (QED) is 0.805. The number of hydrogen-bond donors (Lipinski definition) is 2. The summed E-state index contributed by atoms with van der Waals surface area (Å²) in [6.07, 6.45) is 0. The fraction of sp³-hybridized carbons (Fsp3) is 0.364. The van der Waals surface area contributed by atoms with Gasteiger partial charge in [-0.1, -0.05) is 17.7 Å². The Kier molecular flexibility index (Phi) is 4.80. The van der Waals surface area contributed by atoms with Crippen LogP contribution >= 0.6 is 0 Å². The summed E-state index contributed by atoms with van der Waals surface area (Å²) in [6, 6.07) is 3.90. The third kappa shape index (κ3) is 4.26. The number of amides is 1. The summed E-state index contributed by atoms with van der Waals surface area (Å²) in [6.45, 7) is 5.31. The Balaban J connectivity index is 2.75. The van der Waals surface area contributed by atoms with Crippen molar-refractivity contribution < 1.29 is 17.7 Å². The van der Waals surface area contributed by atoms with Gasteiger partial charge in [0.05, 0.1) is 0 Å². The van der Waals surface area contributed by atoms with Crippen LogP contribution in [0.4, 0.5) is 5.69 Å². The molecule has 17 heavy (non-hydrogen) atoms. The fourth-order valence-corrected chi connectivity index (χ4v) is 1.86. The standard InChI is InChI=1S/C11H15NO4S/c1-7-4-8(2)11(9(3)5-7)12-10(13)6-16-17(14)15/h4-5H,6H2,1-3H3,(H,12,13)(H,14,15). The molecular formula is C11H15NO4S. The fourth-order valence-electron chi connectivity index (χ4n) is 1.66. The topological polar surface area (TPSA) is 75.6 Å². The van der Waals surface area contributed by atoms with E-state index in [1.807, 2.05) is 32.9 Å². The van der Waals surface area contributed by atoms with Crippen molar-refractivity contribution in [2.24, 2.45) is 0 Å². The van der Waals surface area contributed by atoms with Gasteiger partial charge in [0.2, 0.25) is 0 Å². The highest BCUT2D eigenvalue weighted by atomic mass is 32.2. The first-order chi connectivity index (χ1) is 7.90. The van der Waals surface area contributed by atoms with Crippen molar-refractivity contribution in [3.05, 3.63) is 28.8 Å². The number of carbonyl (C=O) groups is 1. The number of benzene rings is 1. The number of carbonyl (C=O) groups excluding carboxylic acids is 1. The van der Waals surface area contributed by atoms with Gasteiger partial charge >= 0.3 is 11.4 Å². The van der Waals surface area contributed by atoms with E-state index in [1.165, 1.54) is 0 Å². The van der Waals surface area contributed by atoms with Gasteiger partial charge in [-0.15, -0.1) is 0 Å². The van der Waals surface area contributed by atoms with Gasteiger partial charge in [0, 0.05) is 5.69 Å². The second kappa shape index (κ2) is 5.90. The largest absolute Gasteiger partial charge is 0.324 e. The summed E-state index contributed by atoms with van der Waals surface area (Å²) < 4.78 is 22.9. The van der Waals surface area contributed by atoms with Crippen molar-refractivity contribution in [1.82, 2.24) is 0 Å². The molecule has 0 saturated carbocycles. The molecule has 1 amide bonds. The van der Waals surface area contributed by atoms with E-state index in [9.17, 15) is 9.00 Å². The van der Waals surface area contributed by atoms with E-state index in [0.717, 1.165) is 16.7 Å². The number of rotatable bonds is 4. The Labute approximate surface area is 103 Å². The van der Waals surface area contributed by atoms with Gasteiger partial charge in [-0.3, -0.25) is 13.5 Å². The van der Waals surface area contributed by atoms with Gasteiger partial charge in [-0.25, -0.2) is 0 Å². The molecule has 1 aromatic carbocycles. The lowest BCUT2D eigenvalue weighted by molar-refractivity contribution is -0.118. The summed E-state index contributed by atoms with van der Waals surface area (Å²) in [7, 11) is 0. The first kappa shape index (κ1) is 13.8. The highest BCUT2D eigenvalue weighted by Crippen LogP contribution is 2.21. The maximum absolute atomic E-state index is 11.4. The zero-order chi connectivity index (χ0) is 13.0. The minimum atomic E-state index is -2.42. The maximum atomic E-state index is 11.4. The summed E-state index contributed by atoms with van der Waals surface area (Å²) in [5.74, 6) is -0.456. The molecular weight excluding hydrogens is 242 g/mol. The van der Waals surface area contributed by atoms with Crippen LogP contribution in [0.15, 0.2) is 12.1 Å². The minimum absolute atomic E-state index is 0.449. The lowest BCUT2D eigenvalue weighted by atomic mass is 10.1. The van der Waals surface area contributed by atoms with Crippen LogP contribution in [0.2, 0.25) is 0 Å². The van der Waals surface area contributed by atoms with Crippen LogP contribution in [0, 0.1) is 20.8 Å². The SMILES string of the molecule is Cc1cc(C)c(NC(=O)COS(=O)O)c(C)c1. The molecule has 0 spiro atoms. The predicted molar refractivity (Wildman–Crippen MR) is 66.0 cm³/mol. The smallest absolute Gasteiger partial charge is 0.302 e. The maximum Gasteiger partial charge on any atom is 0.302 e. The summed E-state index contributed by atoms with van der Waals surface area (Å²) >= 11 is -2.42. The molecule has 0 bridgehead atoms. The molecule has 6 heteroatoms. The van der Waals surface area contributed by atoms with E-state index in [-0.39, 0.29) is 0 Å². The summed E-state index contributed by atoms with van der Waals surface area (Å²) in [5.41, 5.74) is 3.72. The lowest BCUT2D eigenvalue weighted by Gasteiger charge is -2.12. The Morgan fingerprint density at radius 1 is 1.35 bits per heavy atom. The van der Waals surface area contributed by atoms with E-state index in [2.05, 4.69) is 9.50 Å². The molecule has 1 aromatic rings. The minimum Gasteiger partial charge on any atom is -0.324 e. The molecule has 0 aromatic heterocycles. The summed E-state index contributed by atoms with van der Waals surface area (Å²) in [5, 5.41) is 2.65. The zero-order valence-electron chi connectivity index (χ0n) is 9.94. The zero-order valence-corrected chi connectivity index (χ0v) is 10.8. The molecule has 1 atom stereocenters. The summed E-state index contributed by atoms with van der Waals surface area (Å²) in [4.78, 5) is 11.4. The molecule has 0 fully saturated rings. The predicted octanol–water partition coefficient (Wildman–Crippen LogP) is 1.70. The van der Waals surface area contributed by atoms with Crippen molar-refractivity contribution in [3.63, 3.8) is 0 Å². The second-order valence-electron chi connectivity index (χ2n) is 3.80. The van der Waals surface area contributed by atoms with Crippen molar-refractivity contribution in [1.29, 1.82) is 0 Å². The van der Waals surface area contributed by atoms with Crippen molar-refractivity contribution in [2.45, 2.75) is 20.8 Å². The third-order valence-corrected chi connectivity index (χ3v) is 2.55. The molecule has 0 aliphatic heterocycles. The van der Waals surface area contributed by atoms with Gasteiger partial charge in [0.15, 0.2) is 0 Å². The van der Waals surface area contributed by atoms with Crippen LogP contribution in [0.1, 0.15) is 16.7 Å².